The highest BCUT2D eigenvalue weighted by Crippen LogP contribution is 2.33. The zero-order chi connectivity index (χ0) is 22.7. The molecule has 166 valence electrons. The molecule has 1 aliphatic heterocycles. The fraction of sp³-hybridized carbons (Fsp3) is 0.273. The van der Waals surface area contributed by atoms with Crippen LogP contribution in [0.15, 0.2) is 51.0 Å². The lowest BCUT2D eigenvalue weighted by atomic mass is 10.1. The van der Waals surface area contributed by atoms with E-state index < -0.39 is 4.92 Å². The quantitative estimate of drug-likeness (QED) is 0.404. The summed E-state index contributed by atoms with van der Waals surface area (Å²) < 4.78 is 6.36. The minimum absolute atomic E-state index is 0.116. The second kappa shape index (κ2) is 9.68. The molecule has 0 spiro atoms. The van der Waals surface area contributed by atoms with Gasteiger partial charge in [-0.05, 0) is 43.7 Å². The van der Waals surface area contributed by atoms with Gasteiger partial charge in [-0.15, -0.1) is 11.3 Å². The van der Waals surface area contributed by atoms with E-state index in [1.54, 1.807) is 29.2 Å². The molecule has 3 aromatic rings. The zero-order valence-electron chi connectivity index (χ0n) is 17.7. The molecule has 1 saturated heterocycles. The van der Waals surface area contributed by atoms with Crippen LogP contribution in [0.25, 0.3) is 0 Å². The monoisotopic (exact) mass is 470 g/mol. The summed E-state index contributed by atoms with van der Waals surface area (Å²) in [7, 11) is 0. The number of carbonyl (C=O) groups excluding carboxylic acids is 1. The molecule has 0 bridgehead atoms. The van der Waals surface area contributed by atoms with Gasteiger partial charge in [0.05, 0.1) is 29.4 Å². The van der Waals surface area contributed by atoms with E-state index in [4.69, 9.17) is 4.74 Å². The maximum atomic E-state index is 13.2. The number of nitrogens with zero attached hydrogens (tertiary/aromatic N) is 3. The van der Waals surface area contributed by atoms with Gasteiger partial charge in [0, 0.05) is 46.9 Å². The molecule has 2 aromatic carbocycles. The van der Waals surface area contributed by atoms with E-state index in [1.807, 2.05) is 42.3 Å². The van der Waals surface area contributed by atoms with Crippen molar-refractivity contribution in [1.82, 2.24) is 4.98 Å². The first kappa shape index (κ1) is 22.3. The third-order valence-corrected chi connectivity index (χ3v) is 7.08. The predicted octanol–water partition coefficient (Wildman–Crippen LogP) is 4.91. The summed E-state index contributed by atoms with van der Waals surface area (Å²) in [6, 6.07) is 10.2. The first-order valence-corrected chi connectivity index (χ1v) is 11.7. The van der Waals surface area contributed by atoms with Crippen LogP contribution in [0.5, 0.6) is 0 Å². The van der Waals surface area contributed by atoms with Crippen molar-refractivity contribution in [2.45, 2.75) is 23.1 Å². The van der Waals surface area contributed by atoms with Crippen LogP contribution in [0.3, 0.4) is 0 Å². The molecule has 1 N–H and O–H groups in total. The number of rotatable bonds is 6. The Labute approximate surface area is 193 Å². The largest absolute Gasteiger partial charge is 0.378 e. The van der Waals surface area contributed by atoms with Crippen molar-refractivity contribution in [1.29, 1.82) is 0 Å². The number of morpholine rings is 1. The fourth-order valence-corrected chi connectivity index (χ4v) is 5.32. The van der Waals surface area contributed by atoms with Crippen LogP contribution in [0.2, 0.25) is 0 Å². The van der Waals surface area contributed by atoms with E-state index in [9.17, 15) is 14.9 Å². The highest BCUT2D eigenvalue weighted by Gasteiger charge is 2.22. The molecule has 32 heavy (non-hydrogen) atoms. The minimum atomic E-state index is -0.489. The Morgan fingerprint density at radius 1 is 1.22 bits per heavy atom. The summed E-state index contributed by atoms with van der Waals surface area (Å²) in [5.41, 5.74) is 3.38. The molecule has 0 saturated carbocycles. The van der Waals surface area contributed by atoms with Crippen molar-refractivity contribution in [2.24, 2.45) is 0 Å². The molecular weight excluding hydrogens is 448 g/mol. The molecule has 0 atom stereocenters. The van der Waals surface area contributed by atoms with Crippen molar-refractivity contribution in [2.75, 3.05) is 36.5 Å². The number of hydrogen-bond acceptors (Lipinski definition) is 8. The number of anilines is 2. The van der Waals surface area contributed by atoms with Crippen molar-refractivity contribution in [3.63, 3.8) is 0 Å². The number of nitrogens with one attached hydrogen (secondary N) is 1. The van der Waals surface area contributed by atoms with Gasteiger partial charge in [0.15, 0.2) is 4.34 Å². The van der Waals surface area contributed by atoms with E-state index in [-0.39, 0.29) is 17.2 Å². The summed E-state index contributed by atoms with van der Waals surface area (Å²) in [5.74, 6) is -0.380. The highest BCUT2D eigenvalue weighted by atomic mass is 32.2. The van der Waals surface area contributed by atoms with Gasteiger partial charge in [0.25, 0.3) is 11.6 Å². The van der Waals surface area contributed by atoms with Gasteiger partial charge in [-0.3, -0.25) is 14.9 Å². The molecular formula is C22H22N4O4S2. The second-order valence-electron chi connectivity index (χ2n) is 7.35. The van der Waals surface area contributed by atoms with Gasteiger partial charge in [-0.2, -0.15) is 0 Å². The van der Waals surface area contributed by atoms with Crippen molar-refractivity contribution < 1.29 is 14.5 Å². The van der Waals surface area contributed by atoms with E-state index >= 15 is 0 Å². The Bertz CT molecular complexity index is 1160. The number of hydrogen-bond donors (Lipinski definition) is 1. The average Bonchev–Trinajstić information content (AvgIpc) is 3.20. The summed E-state index contributed by atoms with van der Waals surface area (Å²) in [5, 5.41) is 16.2. The molecule has 0 radical (unpaired) electrons. The SMILES string of the molecule is Cc1csc(Sc2ccc(NC(=O)c3cc([N+](=O)[O-])ccc3N3CCOCC3)c(C)c2)n1. The number of aryl methyl sites for hydroxylation is 2. The molecule has 0 unspecified atom stereocenters. The summed E-state index contributed by atoms with van der Waals surface area (Å²) in [6.07, 6.45) is 0. The summed E-state index contributed by atoms with van der Waals surface area (Å²) >= 11 is 3.17. The van der Waals surface area contributed by atoms with E-state index in [1.165, 1.54) is 12.1 Å². The Morgan fingerprint density at radius 2 is 2.00 bits per heavy atom. The molecule has 4 rings (SSSR count). The molecule has 1 aliphatic rings. The lowest BCUT2D eigenvalue weighted by Crippen LogP contribution is -2.37. The standard InChI is InChI=1S/C22H22N4O4S2/c1-14-11-17(32-22-23-15(2)13-31-22)4-5-19(14)24-21(27)18-12-16(26(28)29)3-6-20(18)25-7-9-30-10-8-25/h3-6,11-13H,7-10H2,1-2H3,(H,24,27). The van der Waals surface area contributed by atoms with Crippen LogP contribution in [0.4, 0.5) is 17.1 Å². The topological polar surface area (TPSA) is 97.6 Å². The first-order chi connectivity index (χ1) is 15.4. The van der Waals surface area contributed by atoms with E-state index in [0.717, 1.165) is 20.5 Å². The average molecular weight is 471 g/mol. The van der Waals surface area contributed by atoms with Crippen LogP contribution < -0.4 is 10.2 Å². The highest BCUT2D eigenvalue weighted by molar-refractivity contribution is 8.01. The number of thiazole rings is 1. The fourth-order valence-electron chi connectivity index (χ4n) is 3.41. The normalized spacial score (nSPS) is 13.8. The van der Waals surface area contributed by atoms with Crippen LogP contribution >= 0.6 is 23.1 Å². The number of benzene rings is 2. The Morgan fingerprint density at radius 3 is 2.66 bits per heavy atom. The Balaban J connectivity index is 1.57. The third kappa shape index (κ3) is 5.09. The molecule has 1 fully saturated rings. The maximum absolute atomic E-state index is 13.2. The van der Waals surface area contributed by atoms with E-state index in [2.05, 4.69) is 10.3 Å². The predicted molar refractivity (Wildman–Crippen MR) is 126 cm³/mol. The smallest absolute Gasteiger partial charge is 0.270 e. The molecule has 1 aromatic heterocycles. The number of ether oxygens (including phenoxy) is 1. The van der Waals surface area contributed by atoms with Crippen molar-refractivity contribution in [3.8, 4) is 0 Å². The molecule has 10 heteroatoms. The van der Waals surface area contributed by atoms with E-state index in [0.29, 0.717) is 37.7 Å². The summed E-state index contributed by atoms with van der Waals surface area (Å²) in [4.78, 5) is 31.5. The van der Waals surface area contributed by atoms with Gasteiger partial charge in [0.1, 0.15) is 0 Å². The van der Waals surface area contributed by atoms with Crippen molar-refractivity contribution in [3.05, 3.63) is 68.7 Å². The first-order valence-electron chi connectivity index (χ1n) is 10.0. The zero-order valence-corrected chi connectivity index (χ0v) is 19.3. The summed E-state index contributed by atoms with van der Waals surface area (Å²) in [6.45, 7) is 6.23. The van der Waals surface area contributed by atoms with Crippen LogP contribution in [0, 0.1) is 24.0 Å². The number of amides is 1. The van der Waals surface area contributed by atoms with Gasteiger partial charge in [-0.25, -0.2) is 4.98 Å². The number of non-ortho nitro benzene ring substituents is 1. The number of carbonyl (C=O) groups is 1. The van der Waals surface area contributed by atoms with Gasteiger partial charge < -0.3 is 15.0 Å². The third-order valence-electron chi connectivity index (χ3n) is 5.04. The van der Waals surface area contributed by atoms with Crippen molar-refractivity contribution >= 4 is 46.1 Å². The van der Waals surface area contributed by atoms with Gasteiger partial charge >= 0.3 is 0 Å². The van der Waals surface area contributed by atoms with Crippen LogP contribution in [0.1, 0.15) is 21.6 Å². The van der Waals surface area contributed by atoms with Crippen LogP contribution in [-0.2, 0) is 4.74 Å². The molecule has 1 amide bonds. The lowest BCUT2D eigenvalue weighted by molar-refractivity contribution is -0.384. The number of nitro benzene ring substituents is 1. The second-order valence-corrected chi connectivity index (χ2v) is 9.52. The Kier molecular flexibility index (Phi) is 6.73. The lowest BCUT2D eigenvalue weighted by Gasteiger charge is -2.30. The van der Waals surface area contributed by atoms with Gasteiger partial charge in [0.2, 0.25) is 0 Å². The number of aromatic nitrogens is 1. The minimum Gasteiger partial charge on any atom is -0.378 e. The molecule has 8 nitrogen and oxygen atoms in total. The molecule has 2 heterocycles. The maximum Gasteiger partial charge on any atom is 0.270 e. The molecule has 0 aliphatic carbocycles. The Hall–Kier alpha value is -2.95. The van der Waals surface area contributed by atoms with Crippen LogP contribution in [-0.4, -0.2) is 42.1 Å². The van der Waals surface area contributed by atoms with Gasteiger partial charge in [-0.1, -0.05) is 11.8 Å². The number of nitro groups is 1.